The number of aromatic nitrogens is 2. The van der Waals surface area contributed by atoms with Gasteiger partial charge in [-0.1, -0.05) is 6.07 Å². The summed E-state index contributed by atoms with van der Waals surface area (Å²) in [7, 11) is 0. The number of H-pyrrole nitrogens is 1. The highest BCUT2D eigenvalue weighted by atomic mass is 32.1. The van der Waals surface area contributed by atoms with Crippen molar-refractivity contribution in [3.05, 3.63) is 62.1 Å². The van der Waals surface area contributed by atoms with Crippen LogP contribution in [0.5, 0.6) is 0 Å². The lowest BCUT2D eigenvalue weighted by molar-refractivity contribution is -0.136. The van der Waals surface area contributed by atoms with Gasteiger partial charge in [-0.05, 0) is 29.6 Å². The molecule has 108 valence electrons. The molecule has 2 heterocycles. The molecule has 0 saturated carbocycles. The number of benzene rings is 1. The molecular weight excluding hydrogens is 305 g/mol. The van der Waals surface area contributed by atoms with Crippen LogP contribution in [-0.4, -0.2) is 9.55 Å². The molecule has 8 heteroatoms. The third kappa shape index (κ3) is 2.17. The molecule has 0 saturated heterocycles. The van der Waals surface area contributed by atoms with Crippen molar-refractivity contribution in [2.24, 2.45) is 0 Å². The summed E-state index contributed by atoms with van der Waals surface area (Å²) in [6.45, 7) is 0. The van der Waals surface area contributed by atoms with Crippen molar-refractivity contribution in [3.63, 3.8) is 0 Å². The molecule has 0 aliphatic carbocycles. The lowest BCUT2D eigenvalue weighted by Crippen LogP contribution is -2.33. The van der Waals surface area contributed by atoms with E-state index < -0.39 is 28.5 Å². The first-order valence-electron chi connectivity index (χ1n) is 5.79. The van der Waals surface area contributed by atoms with Crippen LogP contribution in [-0.2, 0) is 6.18 Å². The zero-order valence-corrected chi connectivity index (χ0v) is 11.1. The lowest BCUT2D eigenvalue weighted by Gasteiger charge is -2.10. The average molecular weight is 312 g/mol. The molecule has 0 spiro atoms. The van der Waals surface area contributed by atoms with Crippen molar-refractivity contribution in [1.29, 1.82) is 0 Å². The summed E-state index contributed by atoms with van der Waals surface area (Å²) >= 11 is 1.14. The first-order valence-corrected chi connectivity index (χ1v) is 6.66. The maximum atomic E-state index is 12.9. The largest absolute Gasteiger partial charge is 0.418 e. The standard InChI is InChI=1S/C13H7F3N2O2S/c14-13(15,16)8-4-1-3-7-10(8)17-12(20)18(11(7)19)9-5-2-6-21-9/h1-6H,(H,17,20). The minimum atomic E-state index is -4.65. The van der Waals surface area contributed by atoms with Gasteiger partial charge >= 0.3 is 11.9 Å². The fourth-order valence-electron chi connectivity index (χ4n) is 2.07. The van der Waals surface area contributed by atoms with Crippen LogP contribution in [0.2, 0.25) is 0 Å². The van der Waals surface area contributed by atoms with E-state index in [2.05, 4.69) is 4.98 Å². The van der Waals surface area contributed by atoms with Crippen LogP contribution in [0.1, 0.15) is 5.56 Å². The van der Waals surface area contributed by atoms with Crippen LogP contribution in [0.3, 0.4) is 0 Å². The number of nitrogens with one attached hydrogen (secondary N) is 1. The Labute approximate surface area is 119 Å². The van der Waals surface area contributed by atoms with Gasteiger partial charge in [-0.15, -0.1) is 11.3 Å². The molecular formula is C13H7F3N2O2S. The lowest BCUT2D eigenvalue weighted by atomic mass is 10.1. The molecule has 0 amide bonds. The van der Waals surface area contributed by atoms with Gasteiger partial charge in [0.05, 0.1) is 16.5 Å². The van der Waals surface area contributed by atoms with Gasteiger partial charge in [0.2, 0.25) is 0 Å². The summed E-state index contributed by atoms with van der Waals surface area (Å²) < 4.78 is 39.6. The van der Waals surface area contributed by atoms with Crippen LogP contribution in [0, 0.1) is 0 Å². The Morgan fingerprint density at radius 1 is 1.10 bits per heavy atom. The van der Waals surface area contributed by atoms with Crippen molar-refractivity contribution < 1.29 is 13.2 Å². The van der Waals surface area contributed by atoms with Gasteiger partial charge in [-0.3, -0.25) is 4.79 Å². The summed E-state index contributed by atoms with van der Waals surface area (Å²) in [6, 6.07) is 6.41. The van der Waals surface area contributed by atoms with E-state index in [4.69, 9.17) is 0 Å². The highest BCUT2D eigenvalue weighted by Gasteiger charge is 2.33. The molecule has 0 bridgehead atoms. The van der Waals surface area contributed by atoms with Gasteiger partial charge in [0.15, 0.2) is 0 Å². The predicted molar refractivity (Wildman–Crippen MR) is 73.0 cm³/mol. The summed E-state index contributed by atoms with van der Waals surface area (Å²) in [6.07, 6.45) is -4.65. The Kier molecular flexibility index (Phi) is 2.98. The maximum absolute atomic E-state index is 12.9. The van der Waals surface area contributed by atoms with Gasteiger partial charge in [-0.2, -0.15) is 13.2 Å². The molecule has 3 rings (SSSR count). The van der Waals surface area contributed by atoms with E-state index in [0.29, 0.717) is 5.00 Å². The maximum Gasteiger partial charge on any atom is 0.418 e. The number of alkyl halides is 3. The van der Waals surface area contributed by atoms with E-state index in [0.717, 1.165) is 28.0 Å². The number of hydrogen-bond acceptors (Lipinski definition) is 3. The molecule has 0 fully saturated rings. The van der Waals surface area contributed by atoms with Crippen molar-refractivity contribution in [3.8, 4) is 5.00 Å². The van der Waals surface area contributed by atoms with Crippen molar-refractivity contribution >= 4 is 22.2 Å². The molecule has 1 aromatic carbocycles. The molecule has 0 radical (unpaired) electrons. The number of aromatic amines is 1. The second kappa shape index (κ2) is 4.59. The van der Waals surface area contributed by atoms with E-state index in [1.165, 1.54) is 6.07 Å². The van der Waals surface area contributed by atoms with E-state index >= 15 is 0 Å². The highest BCUT2D eigenvalue weighted by Crippen LogP contribution is 2.32. The predicted octanol–water partition coefficient (Wildman–Crippen LogP) is 2.76. The molecule has 21 heavy (non-hydrogen) atoms. The van der Waals surface area contributed by atoms with Crippen LogP contribution < -0.4 is 11.2 Å². The summed E-state index contributed by atoms with van der Waals surface area (Å²) in [5, 5.41) is 1.83. The molecule has 2 aromatic heterocycles. The van der Waals surface area contributed by atoms with Crippen molar-refractivity contribution in [2.75, 3.05) is 0 Å². The van der Waals surface area contributed by atoms with Crippen LogP contribution in [0.15, 0.2) is 45.3 Å². The first kappa shape index (κ1) is 13.6. The van der Waals surface area contributed by atoms with Gasteiger partial charge in [-0.25, -0.2) is 9.36 Å². The number of para-hydroxylation sites is 1. The zero-order valence-electron chi connectivity index (χ0n) is 10.3. The SMILES string of the molecule is O=c1[nH]c2c(C(F)(F)F)cccc2c(=O)n1-c1cccs1. The fourth-order valence-corrected chi connectivity index (χ4v) is 2.80. The van der Waals surface area contributed by atoms with Crippen molar-refractivity contribution in [2.45, 2.75) is 6.18 Å². The van der Waals surface area contributed by atoms with Gasteiger partial charge in [0.25, 0.3) is 5.56 Å². The van der Waals surface area contributed by atoms with Crippen LogP contribution >= 0.6 is 11.3 Å². The third-order valence-electron chi connectivity index (χ3n) is 2.96. The van der Waals surface area contributed by atoms with E-state index in [1.807, 2.05) is 0 Å². The average Bonchev–Trinajstić information content (AvgIpc) is 2.90. The Morgan fingerprint density at radius 3 is 2.48 bits per heavy atom. The first-order chi connectivity index (χ1) is 9.89. The third-order valence-corrected chi connectivity index (χ3v) is 3.82. The Balaban J connectivity index is 2.45. The Hall–Kier alpha value is -2.35. The summed E-state index contributed by atoms with van der Waals surface area (Å²) in [5.41, 5.74) is -3.20. The van der Waals surface area contributed by atoms with Crippen LogP contribution in [0.4, 0.5) is 13.2 Å². The van der Waals surface area contributed by atoms with Crippen LogP contribution in [0.25, 0.3) is 15.9 Å². The quantitative estimate of drug-likeness (QED) is 0.751. The number of rotatable bonds is 1. The minimum absolute atomic E-state index is 0.183. The smallest absolute Gasteiger partial charge is 0.306 e. The molecule has 0 aliphatic heterocycles. The van der Waals surface area contributed by atoms with Crippen molar-refractivity contribution in [1.82, 2.24) is 9.55 Å². The number of fused-ring (bicyclic) bond motifs is 1. The zero-order chi connectivity index (χ0) is 15.2. The second-order valence-corrected chi connectivity index (χ2v) is 5.17. The molecule has 0 unspecified atom stereocenters. The number of nitrogens with zero attached hydrogens (tertiary/aromatic N) is 1. The van der Waals surface area contributed by atoms with Gasteiger partial charge < -0.3 is 4.98 Å². The number of halogens is 3. The molecule has 1 N–H and O–H groups in total. The molecule has 4 nitrogen and oxygen atoms in total. The fraction of sp³-hybridized carbons (Fsp3) is 0.0769. The van der Waals surface area contributed by atoms with Gasteiger partial charge in [0.1, 0.15) is 5.00 Å². The molecule has 3 aromatic rings. The normalized spacial score (nSPS) is 12.0. The number of hydrogen-bond donors (Lipinski definition) is 1. The monoisotopic (exact) mass is 312 g/mol. The second-order valence-electron chi connectivity index (χ2n) is 4.25. The Morgan fingerprint density at radius 2 is 1.86 bits per heavy atom. The van der Waals surface area contributed by atoms with E-state index in [1.54, 1.807) is 17.5 Å². The Bertz CT molecular complexity index is 923. The molecule has 0 aliphatic rings. The number of thiophene rings is 1. The van der Waals surface area contributed by atoms with E-state index in [-0.39, 0.29) is 5.39 Å². The molecule has 0 atom stereocenters. The summed E-state index contributed by atoms with van der Waals surface area (Å²) in [5.74, 6) is 0. The van der Waals surface area contributed by atoms with Gasteiger partial charge in [0, 0.05) is 0 Å². The minimum Gasteiger partial charge on any atom is -0.306 e. The topological polar surface area (TPSA) is 54.9 Å². The summed E-state index contributed by atoms with van der Waals surface area (Å²) in [4.78, 5) is 26.4. The van der Waals surface area contributed by atoms with E-state index in [9.17, 15) is 22.8 Å². The highest BCUT2D eigenvalue weighted by molar-refractivity contribution is 7.12.